The molecular weight excluding hydrogens is 425 g/mol. The average Bonchev–Trinajstić information content (AvgIpc) is 2.69. The van der Waals surface area contributed by atoms with Gasteiger partial charge in [-0.1, -0.05) is 23.7 Å². The normalized spacial score (nSPS) is 15.1. The molecule has 0 aromatic heterocycles. The molecule has 0 aliphatic carbocycles. The number of nitrogens with zero attached hydrogens (tertiary/aromatic N) is 3. The molecule has 1 aliphatic rings. The molecular formula is C19H18ClF3N4O3. The average molecular weight is 443 g/mol. The van der Waals surface area contributed by atoms with Crippen molar-refractivity contribution < 1.29 is 22.9 Å². The van der Waals surface area contributed by atoms with E-state index in [1.165, 1.54) is 12.1 Å². The van der Waals surface area contributed by atoms with Crippen molar-refractivity contribution in [2.24, 2.45) is 0 Å². The third-order valence-corrected chi connectivity index (χ3v) is 5.04. The van der Waals surface area contributed by atoms with E-state index in [2.05, 4.69) is 5.32 Å². The fourth-order valence-corrected chi connectivity index (χ4v) is 3.48. The van der Waals surface area contributed by atoms with Crippen LogP contribution in [0.15, 0.2) is 42.5 Å². The van der Waals surface area contributed by atoms with E-state index in [1.807, 2.05) is 9.80 Å². The summed E-state index contributed by atoms with van der Waals surface area (Å²) in [6, 6.07) is 9.64. The molecule has 7 nitrogen and oxygen atoms in total. The fraction of sp³-hybridized carbons (Fsp3) is 0.316. The van der Waals surface area contributed by atoms with Crippen LogP contribution in [-0.2, 0) is 11.0 Å². The summed E-state index contributed by atoms with van der Waals surface area (Å²) < 4.78 is 38.8. The maximum absolute atomic E-state index is 12.9. The van der Waals surface area contributed by atoms with Crippen LogP contribution in [0, 0.1) is 10.1 Å². The summed E-state index contributed by atoms with van der Waals surface area (Å²) in [6.45, 7) is 1.92. The van der Waals surface area contributed by atoms with Gasteiger partial charge in [-0.15, -0.1) is 0 Å². The lowest BCUT2D eigenvalue weighted by atomic mass is 10.2. The van der Waals surface area contributed by atoms with Crippen molar-refractivity contribution >= 4 is 34.6 Å². The minimum Gasteiger partial charge on any atom is -0.363 e. The monoisotopic (exact) mass is 442 g/mol. The third kappa shape index (κ3) is 5.19. The molecule has 0 unspecified atom stereocenters. The molecule has 0 atom stereocenters. The molecule has 0 bridgehead atoms. The Morgan fingerprint density at radius 3 is 2.43 bits per heavy atom. The Kier molecular flexibility index (Phi) is 6.47. The summed E-state index contributed by atoms with van der Waals surface area (Å²) in [6.07, 6.45) is -4.62. The van der Waals surface area contributed by atoms with Gasteiger partial charge in [0.25, 0.3) is 5.69 Å². The van der Waals surface area contributed by atoms with Gasteiger partial charge in [-0.05, 0) is 24.3 Å². The summed E-state index contributed by atoms with van der Waals surface area (Å²) in [5, 5.41) is 13.2. The van der Waals surface area contributed by atoms with Gasteiger partial charge in [-0.3, -0.25) is 19.8 Å². The lowest BCUT2D eigenvalue weighted by molar-refractivity contribution is -0.384. The van der Waals surface area contributed by atoms with Crippen LogP contribution < -0.4 is 10.2 Å². The fourth-order valence-electron chi connectivity index (χ4n) is 3.26. The van der Waals surface area contributed by atoms with Crippen LogP contribution in [0.1, 0.15) is 5.56 Å². The molecule has 1 N–H and O–H groups in total. The van der Waals surface area contributed by atoms with Gasteiger partial charge < -0.3 is 10.2 Å². The summed E-state index contributed by atoms with van der Waals surface area (Å²) in [4.78, 5) is 26.7. The van der Waals surface area contributed by atoms with E-state index >= 15 is 0 Å². The quantitative estimate of drug-likeness (QED) is 0.558. The minimum absolute atomic E-state index is 0.00526. The number of anilines is 2. The second-order valence-electron chi connectivity index (χ2n) is 6.75. The van der Waals surface area contributed by atoms with Crippen molar-refractivity contribution in [2.75, 3.05) is 42.9 Å². The molecule has 2 aromatic carbocycles. The standard InChI is InChI=1S/C19H18ClF3N4O3/c20-15-6-5-13(11-14(15)19(21,22)23)24-18(28)12-25-7-9-26(10-8-25)16-3-1-2-4-17(16)27(29)30/h1-6,11H,7-10,12H2,(H,24,28). The zero-order valence-corrected chi connectivity index (χ0v) is 16.4. The first kappa shape index (κ1) is 21.8. The highest BCUT2D eigenvalue weighted by Crippen LogP contribution is 2.36. The molecule has 0 spiro atoms. The van der Waals surface area contributed by atoms with Gasteiger partial charge in [-0.25, -0.2) is 0 Å². The van der Waals surface area contributed by atoms with E-state index in [-0.39, 0.29) is 17.9 Å². The lowest BCUT2D eigenvalue weighted by Crippen LogP contribution is -2.48. The number of rotatable bonds is 5. The molecule has 11 heteroatoms. The number of alkyl halides is 3. The molecule has 1 fully saturated rings. The maximum Gasteiger partial charge on any atom is 0.417 e. The number of nitrogens with one attached hydrogen (secondary N) is 1. The molecule has 2 aromatic rings. The molecule has 1 heterocycles. The van der Waals surface area contributed by atoms with Crippen LogP contribution in [0.4, 0.5) is 30.2 Å². The van der Waals surface area contributed by atoms with Crippen molar-refractivity contribution in [3.63, 3.8) is 0 Å². The van der Waals surface area contributed by atoms with Gasteiger partial charge in [-0.2, -0.15) is 13.2 Å². The zero-order chi connectivity index (χ0) is 21.9. The summed E-state index contributed by atoms with van der Waals surface area (Å²) in [5.74, 6) is -0.454. The van der Waals surface area contributed by atoms with Crippen LogP contribution in [0.2, 0.25) is 5.02 Å². The highest BCUT2D eigenvalue weighted by Gasteiger charge is 2.33. The van der Waals surface area contributed by atoms with Crippen molar-refractivity contribution in [3.05, 3.63) is 63.2 Å². The van der Waals surface area contributed by atoms with Crippen LogP contribution in [0.5, 0.6) is 0 Å². The number of amides is 1. The van der Waals surface area contributed by atoms with Crippen LogP contribution in [-0.4, -0.2) is 48.5 Å². The Bertz CT molecular complexity index is 947. The van der Waals surface area contributed by atoms with Crippen molar-refractivity contribution in [1.82, 2.24) is 4.90 Å². The molecule has 1 saturated heterocycles. The summed E-state index contributed by atoms with van der Waals surface area (Å²) >= 11 is 5.58. The number of hydrogen-bond donors (Lipinski definition) is 1. The minimum atomic E-state index is -4.62. The predicted octanol–water partition coefficient (Wildman–Crippen LogP) is 4.03. The highest BCUT2D eigenvalue weighted by atomic mass is 35.5. The number of hydrogen-bond acceptors (Lipinski definition) is 5. The number of halogens is 4. The van der Waals surface area contributed by atoms with E-state index in [9.17, 15) is 28.1 Å². The van der Waals surface area contributed by atoms with Gasteiger partial charge in [0, 0.05) is 37.9 Å². The van der Waals surface area contributed by atoms with Crippen LogP contribution >= 0.6 is 11.6 Å². The number of carbonyl (C=O) groups excluding carboxylic acids is 1. The molecule has 3 rings (SSSR count). The predicted molar refractivity (Wildman–Crippen MR) is 107 cm³/mol. The Morgan fingerprint density at radius 1 is 1.13 bits per heavy atom. The number of para-hydroxylation sites is 2. The number of benzene rings is 2. The number of carbonyl (C=O) groups is 1. The van der Waals surface area contributed by atoms with Gasteiger partial charge >= 0.3 is 6.18 Å². The number of nitro benzene ring substituents is 1. The second kappa shape index (κ2) is 8.88. The van der Waals surface area contributed by atoms with Gasteiger partial charge in [0.15, 0.2) is 0 Å². The zero-order valence-electron chi connectivity index (χ0n) is 15.7. The first-order chi connectivity index (χ1) is 14.1. The van der Waals surface area contributed by atoms with Crippen molar-refractivity contribution in [1.29, 1.82) is 0 Å². The van der Waals surface area contributed by atoms with Gasteiger partial charge in [0.1, 0.15) is 5.69 Å². The molecule has 0 saturated carbocycles. The van der Waals surface area contributed by atoms with E-state index in [0.717, 1.165) is 12.1 Å². The van der Waals surface area contributed by atoms with Crippen LogP contribution in [0.3, 0.4) is 0 Å². The molecule has 0 radical (unpaired) electrons. The Balaban J connectivity index is 1.57. The third-order valence-electron chi connectivity index (χ3n) is 4.71. The molecule has 160 valence electrons. The first-order valence-electron chi connectivity index (χ1n) is 9.02. The van der Waals surface area contributed by atoms with E-state index in [4.69, 9.17) is 11.6 Å². The smallest absolute Gasteiger partial charge is 0.363 e. The Morgan fingerprint density at radius 2 is 1.80 bits per heavy atom. The van der Waals surface area contributed by atoms with Gasteiger partial charge in [0.2, 0.25) is 5.91 Å². The highest BCUT2D eigenvalue weighted by molar-refractivity contribution is 6.31. The lowest BCUT2D eigenvalue weighted by Gasteiger charge is -2.35. The van der Waals surface area contributed by atoms with Crippen molar-refractivity contribution in [3.8, 4) is 0 Å². The molecule has 1 amide bonds. The van der Waals surface area contributed by atoms with E-state index < -0.39 is 27.6 Å². The maximum atomic E-state index is 12.9. The molecule has 30 heavy (non-hydrogen) atoms. The van der Waals surface area contributed by atoms with Gasteiger partial charge in [0.05, 0.1) is 22.1 Å². The number of nitro groups is 1. The summed E-state index contributed by atoms with van der Waals surface area (Å²) in [7, 11) is 0. The van der Waals surface area contributed by atoms with E-state index in [1.54, 1.807) is 18.2 Å². The number of piperazine rings is 1. The topological polar surface area (TPSA) is 78.7 Å². The first-order valence-corrected chi connectivity index (χ1v) is 9.40. The Hall–Kier alpha value is -2.85. The van der Waals surface area contributed by atoms with Crippen LogP contribution in [0.25, 0.3) is 0 Å². The SMILES string of the molecule is O=C(CN1CCN(c2ccccc2[N+](=O)[O-])CC1)Nc1ccc(Cl)c(C(F)(F)F)c1. The summed E-state index contributed by atoms with van der Waals surface area (Å²) in [5.41, 5.74) is -0.463. The van der Waals surface area contributed by atoms with Crippen molar-refractivity contribution in [2.45, 2.75) is 6.18 Å². The van der Waals surface area contributed by atoms with E-state index in [0.29, 0.717) is 31.9 Å². The molecule has 1 aliphatic heterocycles. The second-order valence-corrected chi connectivity index (χ2v) is 7.16. The Labute approximate surface area is 175 Å². The largest absolute Gasteiger partial charge is 0.417 e.